The maximum absolute atomic E-state index is 3.53. The van der Waals surface area contributed by atoms with Crippen LogP contribution in [0.25, 0.3) is 0 Å². The second kappa shape index (κ2) is 7.40. The van der Waals surface area contributed by atoms with Crippen molar-refractivity contribution in [1.82, 2.24) is 4.90 Å². The molecule has 0 amide bonds. The highest BCUT2D eigenvalue weighted by molar-refractivity contribution is 5.85. The molecule has 0 saturated carbocycles. The van der Waals surface area contributed by atoms with E-state index in [4.69, 9.17) is 0 Å². The van der Waals surface area contributed by atoms with E-state index in [1.807, 2.05) is 12.1 Å². The van der Waals surface area contributed by atoms with Crippen molar-refractivity contribution >= 4 is 12.4 Å². The molecule has 0 aromatic heterocycles. The molecule has 0 spiro atoms. The molecule has 0 N–H and O–H groups in total. The Morgan fingerprint density at radius 2 is 2.00 bits per heavy atom. The second-order valence-corrected chi connectivity index (χ2v) is 3.09. The Hall–Kier alpha value is -1.01. The molecule has 1 aromatic rings. The standard InChI is InChI=1S/C12H15N.ClH/c1-3-4-10-13(2)11-12-8-6-5-7-9-12;/h4-9H,1,10-11H2,2H3;1H. The lowest BCUT2D eigenvalue weighted by molar-refractivity contribution is 0.363. The molecule has 76 valence electrons. The van der Waals surface area contributed by atoms with Crippen molar-refractivity contribution in [3.63, 3.8) is 0 Å². The second-order valence-electron chi connectivity index (χ2n) is 3.09. The molecule has 2 heteroatoms. The molecule has 0 atom stereocenters. The van der Waals surface area contributed by atoms with E-state index < -0.39 is 0 Å². The molecule has 1 nitrogen and oxygen atoms in total. The number of benzene rings is 1. The van der Waals surface area contributed by atoms with Gasteiger partial charge in [-0.3, -0.25) is 4.90 Å². The quantitative estimate of drug-likeness (QED) is 0.690. The van der Waals surface area contributed by atoms with Crippen LogP contribution in [0.2, 0.25) is 0 Å². The van der Waals surface area contributed by atoms with E-state index in [1.165, 1.54) is 5.56 Å². The van der Waals surface area contributed by atoms with Crippen molar-refractivity contribution in [2.45, 2.75) is 6.54 Å². The first-order valence-electron chi connectivity index (χ1n) is 4.39. The van der Waals surface area contributed by atoms with Gasteiger partial charge in [0.1, 0.15) is 0 Å². The minimum Gasteiger partial charge on any atom is -0.298 e. The van der Waals surface area contributed by atoms with Crippen molar-refractivity contribution in [3.05, 3.63) is 54.3 Å². The summed E-state index contributed by atoms with van der Waals surface area (Å²) in [5, 5.41) is 0. The zero-order chi connectivity index (χ0) is 9.52. The SMILES string of the molecule is C=C=CCN(C)Cc1ccccc1.Cl. The minimum absolute atomic E-state index is 0. The van der Waals surface area contributed by atoms with Crippen LogP contribution in [0.4, 0.5) is 0 Å². The molecule has 0 aliphatic rings. The van der Waals surface area contributed by atoms with E-state index in [-0.39, 0.29) is 12.4 Å². The van der Waals surface area contributed by atoms with Crippen molar-refractivity contribution < 1.29 is 0 Å². The first kappa shape index (κ1) is 13.0. The Bertz CT molecular complexity index is 288. The number of likely N-dealkylation sites (N-methyl/N-ethyl adjacent to an activating group) is 1. The largest absolute Gasteiger partial charge is 0.298 e. The number of halogens is 1. The van der Waals surface area contributed by atoms with Gasteiger partial charge >= 0.3 is 0 Å². The lowest BCUT2D eigenvalue weighted by Crippen LogP contribution is -2.17. The Kier molecular flexibility index (Phi) is 6.87. The van der Waals surface area contributed by atoms with Gasteiger partial charge in [-0.2, -0.15) is 0 Å². The van der Waals surface area contributed by atoms with Crippen LogP contribution >= 0.6 is 12.4 Å². The fraction of sp³-hybridized carbons (Fsp3) is 0.250. The lowest BCUT2D eigenvalue weighted by atomic mass is 10.2. The van der Waals surface area contributed by atoms with E-state index in [0.29, 0.717) is 0 Å². The van der Waals surface area contributed by atoms with Crippen LogP contribution in [0, 0.1) is 0 Å². The molecular weight excluding hydrogens is 194 g/mol. The molecule has 0 bridgehead atoms. The molecule has 0 saturated heterocycles. The molecule has 1 aromatic carbocycles. The maximum Gasteiger partial charge on any atom is 0.0238 e. The van der Waals surface area contributed by atoms with E-state index in [9.17, 15) is 0 Å². The normalized spacial score (nSPS) is 9.00. The van der Waals surface area contributed by atoms with Crippen LogP contribution in [-0.2, 0) is 6.54 Å². The van der Waals surface area contributed by atoms with Crippen LogP contribution in [0.3, 0.4) is 0 Å². The van der Waals surface area contributed by atoms with Crippen LogP contribution < -0.4 is 0 Å². The third kappa shape index (κ3) is 4.88. The zero-order valence-corrected chi connectivity index (χ0v) is 9.26. The Labute approximate surface area is 92.2 Å². The van der Waals surface area contributed by atoms with Crippen LogP contribution in [0.15, 0.2) is 48.7 Å². The number of hydrogen-bond donors (Lipinski definition) is 0. The van der Waals surface area contributed by atoms with Crippen LogP contribution in [-0.4, -0.2) is 18.5 Å². The third-order valence-electron chi connectivity index (χ3n) is 1.84. The van der Waals surface area contributed by atoms with E-state index >= 15 is 0 Å². The van der Waals surface area contributed by atoms with Gasteiger partial charge in [-0.1, -0.05) is 36.9 Å². The number of nitrogens with zero attached hydrogens (tertiary/aromatic N) is 1. The summed E-state index contributed by atoms with van der Waals surface area (Å²) in [5.41, 5.74) is 4.10. The van der Waals surface area contributed by atoms with Gasteiger partial charge in [0.05, 0.1) is 0 Å². The topological polar surface area (TPSA) is 3.24 Å². The van der Waals surface area contributed by atoms with Crippen molar-refractivity contribution in [1.29, 1.82) is 0 Å². The predicted molar refractivity (Wildman–Crippen MR) is 63.7 cm³/mol. The first-order chi connectivity index (χ1) is 6.33. The fourth-order valence-electron chi connectivity index (χ4n) is 1.18. The fourth-order valence-corrected chi connectivity index (χ4v) is 1.18. The van der Waals surface area contributed by atoms with E-state index in [0.717, 1.165) is 13.1 Å². The van der Waals surface area contributed by atoms with Crippen molar-refractivity contribution in [3.8, 4) is 0 Å². The highest BCUT2D eigenvalue weighted by Gasteiger charge is 1.95. The number of hydrogen-bond acceptors (Lipinski definition) is 1. The summed E-state index contributed by atoms with van der Waals surface area (Å²) in [5.74, 6) is 0. The molecule has 0 unspecified atom stereocenters. The molecular formula is C12H16ClN. The molecule has 0 fully saturated rings. The van der Waals surface area contributed by atoms with Crippen molar-refractivity contribution in [2.24, 2.45) is 0 Å². The van der Waals surface area contributed by atoms with Crippen LogP contribution in [0.5, 0.6) is 0 Å². The lowest BCUT2D eigenvalue weighted by Gasteiger charge is -2.13. The van der Waals surface area contributed by atoms with Gasteiger partial charge in [0.2, 0.25) is 0 Å². The molecule has 0 heterocycles. The molecule has 0 aliphatic heterocycles. The Morgan fingerprint density at radius 1 is 1.36 bits per heavy atom. The monoisotopic (exact) mass is 209 g/mol. The van der Waals surface area contributed by atoms with Gasteiger partial charge in [0.15, 0.2) is 0 Å². The summed E-state index contributed by atoms with van der Waals surface area (Å²) in [7, 11) is 2.08. The van der Waals surface area contributed by atoms with Gasteiger partial charge in [-0.15, -0.1) is 18.1 Å². The smallest absolute Gasteiger partial charge is 0.0238 e. The zero-order valence-electron chi connectivity index (χ0n) is 8.44. The van der Waals surface area contributed by atoms with Gasteiger partial charge in [-0.05, 0) is 18.7 Å². The first-order valence-corrected chi connectivity index (χ1v) is 4.39. The summed E-state index contributed by atoms with van der Waals surface area (Å²) >= 11 is 0. The van der Waals surface area contributed by atoms with Crippen LogP contribution in [0.1, 0.15) is 5.56 Å². The highest BCUT2D eigenvalue weighted by atomic mass is 35.5. The minimum atomic E-state index is 0. The average molecular weight is 210 g/mol. The highest BCUT2D eigenvalue weighted by Crippen LogP contribution is 2.01. The van der Waals surface area contributed by atoms with Gasteiger partial charge in [-0.25, -0.2) is 0 Å². The number of rotatable bonds is 4. The summed E-state index contributed by atoms with van der Waals surface area (Å²) in [6.45, 7) is 5.40. The molecule has 14 heavy (non-hydrogen) atoms. The summed E-state index contributed by atoms with van der Waals surface area (Å²) < 4.78 is 0. The summed E-state index contributed by atoms with van der Waals surface area (Å²) in [6, 6.07) is 10.4. The van der Waals surface area contributed by atoms with Gasteiger partial charge < -0.3 is 0 Å². The predicted octanol–water partition coefficient (Wildman–Crippen LogP) is 2.88. The molecule has 0 radical (unpaired) electrons. The molecule has 1 rings (SSSR count). The van der Waals surface area contributed by atoms with Crippen molar-refractivity contribution in [2.75, 3.05) is 13.6 Å². The summed E-state index contributed by atoms with van der Waals surface area (Å²) in [4.78, 5) is 2.22. The maximum atomic E-state index is 3.53. The van der Waals surface area contributed by atoms with E-state index in [1.54, 1.807) is 0 Å². The van der Waals surface area contributed by atoms with Gasteiger partial charge in [0, 0.05) is 13.1 Å². The Morgan fingerprint density at radius 3 is 2.57 bits per heavy atom. The average Bonchev–Trinajstić information content (AvgIpc) is 2.16. The molecule has 0 aliphatic carbocycles. The third-order valence-corrected chi connectivity index (χ3v) is 1.84. The van der Waals surface area contributed by atoms with Gasteiger partial charge in [0.25, 0.3) is 0 Å². The Balaban J connectivity index is 0.00000169. The van der Waals surface area contributed by atoms with E-state index in [2.05, 4.69) is 48.5 Å². The summed E-state index contributed by atoms with van der Waals surface area (Å²) in [6.07, 6.45) is 1.93.